The van der Waals surface area contributed by atoms with Crippen LogP contribution in [-0.4, -0.2) is 36.0 Å². The van der Waals surface area contributed by atoms with Crippen LogP contribution < -0.4 is 11.1 Å². The molecule has 1 amide bonds. The molecule has 1 aromatic carbocycles. The van der Waals surface area contributed by atoms with Crippen LogP contribution in [0.2, 0.25) is 0 Å². The summed E-state index contributed by atoms with van der Waals surface area (Å²) in [5.74, 6) is -0.0692. The first-order valence-corrected chi connectivity index (χ1v) is 9.01. The van der Waals surface area contributed by atoms with E-state index in [-0.39, 0.29) is 23.1 Å². The maximum Gasteiger partial charge on any atom is 0.240 e. The Balaban J connectivity index is 0.00000264. The molecule has 0 aliphatic carbocycles. The first kappa shape index (κ1) is 20.8. The van der Waals surface area contributed by atoms with Crippen molar-refractivity contribution in [3.05, 3.63) is 28.7 Å². The van der Waals surface area contributed by atoms with Crippen molar-refractivity contribution < 1.29 is 9.53 Å². The van der Waals surface area contributed by atoms with E-state index in [9.17, 15) is 4.79 Å². The zero-order valence-electron chi connectivity index (χ0n) is 13.4. The van der Waals surface area contributed by atoms with Crippen LogP contribution in [-0.2, 0) is 9.53 Å². The van der Waals surface area contributed by atoms with Crippen LogP contribution in [0.4, 0.5) is 0 Å². The zero-order valence-corrected chi connectivity index (χ0v) is 16.7. The van der Waals surface area contributed by atoms with Gasteiger partial charge in [-0.3, -0.25) is 4.79 Å². The topological polar surface area (TPSA) is 64.4 Å². The summed E-state index contributed by atoms with van der Waals surface area (Å²) in [6.07, 6.45) is 1.16. The number of rotatable bonds is 5. The molecule has 4 nitrogen and oxygen atoms in total. The molecule has 0 unspecified atom stereocenters. The summed E-state index contributed by atoms with van der Waals surface area (Å²) in [5, 5.41) is 3.02. The van der Waals surface area contributed by atoms with Crippen molar-refractivity contribution in [3.8, 4) is 0 Å². The molecule has 1 saturated heterocycles. The molecule has 1 aromatic rings. The van der Waals surface area contributed by atoms with Crippen LogP contribution in [0.15, 0.2) is 33.6 Å². The van der Waals surface area contributed by atoms with E-state index < -0.39 is 5.54 Å². The molecule has 23 heavy (non-hydrogen) atoms. The van der Waals surface area contributed by atoms with Gasteiger partial charge in [0.1, 0.15) is 0 Å². The Hall–Kier alpha value is -0.270. The third-order valence-corrected chi connectivity index (χ3v) is 5.45. The highest BCUT2D eigenvalue weighted by atomic mass is 79.9. The van der Waals surface area contributed by atoms with E-state index >= 15 is 0 Å². The lowest BCUT2D eigenvalue weighted by Crippen LogP contribution is -2.58. The lowest BCUT2D eigenvalue weighted by atomic mass is 9.90. The fraction of sp³-hybridized carbons (Fsp3) is 0.562. The largest absolute Gasteiger partial charge is 0.381 e. The summed E-state index contributed by atoms with van der Waals surface area (Å²) in [4.78, 5) is 13.5. The smallest absolute Gasteiger partial charge is 0.240 e. The Labute approximate surface area is 156 Å². The highest BCUT2D eigenvalue weighted by Crippen LogP contribution is 2.32. The van der Waals surface area contributed by atoms with Gasteiger partial charge in [-0.1, -0.05) is 15.9 Å². The Kier molecular flexibility index (Phi) is 7.87. The quantitative estimate of drug-likeness (QED) is 0.713. The van der Waals surface area contributed by atoms with Gasteiger partial charge in [0.2, 0.25) is 5.91 Å². The van der Waals surface area contributed by atoms with E-state index in [0.717, 1.165) is 4.47 Å². The van der Waals surface area contributed by atoms with Crippen molar-refractivity contribution in [2.24, 2.45) is 5.73 Å². The van der Waals surface area contributed by atoms with Crippen molar-refractivity contribution in [1.29, 1.82) is 0 Å². The lowest BCUT2D eigenvalue weighted by Gasteiger charge is -2.33. The monoisotopic (exact) mass is 422 g/mol. The average Bonchev–Trinajstić information content (AvgIpc) is 2.48. The van der Waals surface area contributed by atoms with E-state index in [1.54, 1.807) is 11.8 Å². The predicted molar refractivity (Wildman–Crippen MR) is 101 cm³/mol. The zero-order chi connectivity index (χ0) is 16.2. The summed E-state index contributed by atoms with van der Waals surface area (Å²) in [5.41, 5.74) is 5.42. The fourth-order valence-corrected chi connectivity index (χ4v) is 3.61. The molecule has 0 bridgehead atoms. The Morgan fingerprint density at radius 3 is 2.48 bits per heavy atom. The van der Waals surface area contributed by atoms with Gasteiger partial charge in [-0.15, -0.1) is 24.2 Å². The summed E-state index contributed by atoms with van der Waals surface area (Å²) in [7, 11) is 0. The molecule has 2 rings (SSSR count). The predicted octanol–water partition coefficient (Wildman–Crippen LogP) is 3.37. The Morgan fingerprint density at radius 2 is 1.91 bits per heavy atom. The third kappa shape index (κ3) is 6.27. The average molecular weight is 424 g/mol. The molecule has 3 N–H and O–H groups in total. The van der Waals surface area contributed by atoms with Crippen LogP contribution in [0.1, 0.15) is 26.7 Å². The maximum atomic E-state index is 12.4. The number of halogens is 2. The number of hydrogen-bond donors (Lipinski definition) is 2. The number of ether oxygens (including phenoxy) is 1. The van der Waals surface area contributed by atoms with Crippen molar-refractivity contribution >= 4 is 46.0 Å². The van der Waals surface area contributed by atoms with Gasteiger partial charge in [0.15, 0.2) is 0 Å². The molecule has 1 aliphatic rings. The van der Waals surface area contributed by atoms with Crippen LogP contribution in [0.25, 0.3) is 0 Å². The van der Waals surface area contributed by atoms with Crippen LogP contribution in [0.3, 0.4) is 0 Å². The number of hydrogen-bond acceptors (Lipinski definition) is 4. The van der Waals surface area contributed by atoms with Gasteiger partial charge in [0.25, 0.3) is 0 Å². The van der Waals surface area contributed by atoms with Crippen LogP contribution >= 0.6 is 40.1 Å². The van der Waals surface area contributed by atoms with Gasteiger partial charge in [-0.25, -0.2) is 0 Å². The number of nitrogens with one attached hydrogen (secondary N) is 1. The van der Waals surface area contributed by atoms with Crippen molar-refractivity contribution in [2.75, 3.05) is 19.8 Å². The maximum absolute atomic E-state index is 12.4. The van der Waals surface area contributed by atoms with Gasteiger partial charge in [0.05, 0.1) is 5.54 Å². The van der Waals surface area contributed by atoms with E-state index in [4.69, 9.17) is 10.5 Å². The van der Waals surface area contributed by atoms with Crippen molar-refractivity contribution in [2.45, 2.75) is 41.9 Å². The molecule has 0 spiro atoms. The molecule has 130 valence electrons. The Morgan fingerprint density at radius 1 is 1.35 bits per heavy atom. The number of benzene rings is 1. The molecule has 1 heterocycles. The summed E-state index contributed by atoms with van der Waals surface area (Å²) < 4.78 is 6.24. The standard InChI is InChI=1S/C16H23BrN2O2S.ClH/c1-15(2,22-13-5-3-12(17)4-6-13)11-19-14(20)16(18)7-9-21-10-8-16;/h3-6H,7-11,18H2,1-2H3,(H,19,20);1H. The van der Waals surface area contributed by atoms with Gasteiger partial charge in [0, 0.05) is 33.9 Å². The third-order valence-electron chi connectivity index (χ3n) is 3.72. The number of thioether (sulfide) groups is 1. The summed E-state index contributed by atoms with van der Waals surface area (Å²) in [6.45, 7) is 5.93. The first-order valence-electron chi connectivity index (χ1n) is 7.40. The molecular formula is C16H24BrClN2O2S. The van der Waals surface area contributed by atoms with Gasteiger partial charge >= 0.3 is 0 Å². The van der Waals surface area contributed by atoms with E-state index in [1.807, 2.05) is 12.1 Å². The van der Waals surface area contributed by atoms with Gasteiger partial charge < -0.3 is 15.8 Å². The number of carbonyl (C=O) groups is 1. The molecule has 1 fully saturated rings. The van der Waals surface area contributed by atoms with Gasteiger partial charge in [-0.2, -0.15) is 0 Å². The van der Waals surface area contributed by atoms with Gasteiger partial charge in [-0.05, 0) is 51.0 Å². The van der Waals surface area contributed by atoms with Crippen molar-refractivity contribution in [3.63, 3.8) is 0 Å². The minimum Gasteiger partial charge on any atom is -0.381 e. The first-order chi connectivity index (χ1) is 10.3. The van der Waals surface area contributed by atoms with E-state index in [0.29, 0.717) is 32.6 Å². The molecule has 0 atom stereocenters. The van der Waals surface area contributed by atoms with E-state index in [1.165, 1.54) is 4.90 Å². The minimum absolute atomic E-state index is 0. The number of amides is 1. The summed E-state index contributed by atoms with van der Waals surface area (Å²) >= 11 is 5.18. The number of nitrogens with two attached hydrogens (primary N) is 1. The molecular weight excluding hydrogens is 400 g/mol. The second-order valence-corrected chi connectivity index (χ2v) is 8.96. The summed E-state index contributed by atoms with van der Waals surface area (Å²) in [6, 6.07) is 8.18. The van der Waals surface area contributed by atoms with Crippen molar-refractivity contribution in [1.82, 2.24) is 5.32 Å². The molecule has 1 aliphatic heterocycles. The fourth-order valence-electron chi connectivity index (χ4n) is 2.29. The normalized spacial score (nSPS) is 17.2. The van der Waals surface area contributed by atoms with E-state index in [2.05, 4.69) is 47.2 Å². The minimum atomic E-state index is -0.781. The molecule has 0 aromatic heterocycles. The second-order valence-electron chi connectivity index (χ2n) is 6.27. The molecule has 7 heteroatoms. The lowest BCUT2D eigenvalue weighted by molar-refractivity contribution is -0.129. The highest BCUT2D eigenvalue weighted by molar-refractivity contribution is 9.10. The highest BCUT2D eigenvalue weighted by Gasteiger charge is 2.36. The van der Waals surface area contributed by atoms with Crippen LogP contribution in [0.5, 0.6) is 0 Å². The number of carbonyl (C=O) groups excluding carboxylic acids is 1. The molecule has 0 saturated carbocycles. The Bertz CT molecular complexity index is 519. The second kappa shape index (κ2) is 8.72. The SMILES string of the molecule is CC(C)(CNC(=O)C1(N)CCOCC1)Sc1ccc(Br)cc1.Cl. The van der Waals surface area contributed by atoms with Crippen LogP contribution in [0, 0.1) is 0 Å². The molecule has 0 radical (unpaired) electrons.